The molecule has 1 fully saturated rings. The summed E-state index contributed by atoms with van der Waals surface area (Å²) < 4.78 is 54.4. The van der Waals surface area contributed by atoms with E-state index < -0.39 is 26.4 Å². The van der Waals surface area contributed by atoms with Gasteiger partial charge >= 0.3 is 5.76 Å². The van der Waals surface area contributed by atoms with Crippen LogP contribution in [0.15, 0.2) is 16.3 Å². The standard InChI is InChI=1S/C14H20F2N2O4S2.ClH/c15-14(16)24(20,21)11-4-9-23-12(11)13(19)18-6-2-10(3-7-18)22-8-1-5-17;/h4,9-10,14H,1-3,5-8,17H2;1H. The van der Waals surface area contributed by atoms with Crippen LogP contribution >= 0.6 is 23.7 Å². The Hall–Kier alpha value is -0.810. The van der Waals surface area contributed by atoms with Gasteiger partial charge in [0.05, 0.1) is 11.0 Å². The number of halogens is 3. The lowest BCUT2D eigenvalue weighted by atomic mass is 10.1. The van der Waals surface area contributed by atoms with Gasteiger partial charge in [0.15, 0.2) is 0 Å². The van der Waals surface area contributed by atoms with Crippen LogP contribution in [0, 0.1) is 0 Å². The number of carbonyl (C=O) groups is 1. The van der Waals surface area contributed by atoms with Crippen molar-refractivity contribution in [2.75, 3.05) is 26.2 Å². The monoisotopic (exact) mass is 418 g/mol. The number of nitrogens with zero attached hydrogens (tertiary/aromatic N) is 1. The summed E-state index contributed by atoms with van der Waals surface area (Å²) in [7, 11) is -4.78. The van der Waals surface area contributed by atoms with E-state index in [0.29, 0.717) is 39.1 Å². The van der Waals surface area contributed by atoms with Crippen LogP contribution in [0.25, 0.3) is 0 Å². The third kappa shape index (κ3) is 5.33. The van der Waals surface area contributed by atoms with Crippen molar-refractivity contribution in [3.8, 4) is 0 Å². The molecule has 1 aromatic rings. The van der Waals surface area contributed by atoms with Crippen molar-refractivity contribution in [3.05, 3.63) is 16.3 Å². The molecule has 2 rings (SSSR count). The summed E-state index contributed by atoms with van der Waals surface area (Å²) in [6, 6.07) is 1.06. The van der Waals surface area contributed by atoms with Gasteiger partial charge in [-0.3, -0.25) is 4.79 Å². The third-order valence-electron chi connectivity index (χ3n) is 3.80. The largest absolute Gasteiger partial charge is 0.378 e. The number of carbonyl (C=O) groups excluding carboxylic acids is 1. The molecule has 2 N–H and O–H groups in total. The third-order valence-corrected chi connectivity index (χ3v) is 6.25. The van der Waals surface area contributed by atoms with E-state index in [-0.39, 0.29) is 23.4 Å². The van der Waals surface area contributed by atoms with Gasteiger partial charge in [0, 0.05) is 19.7 Å². The van der Waals surface area contributed by atoms with Crippen LogP contribution in [0.5, 0.6) is 0 Å². The zero-order chi connectivity index (χ0) is 17.7. The second-order valence-electron chi connectivity index (χ2n) is 5.42. The fraction of sp³-hybridized carbons (Fsp3) is 0.643. The molecule has 2 heterocycles. The lowest BCUT2D eigenvalue weighted by Crippen LogP contribution is -2.41. The van der Waals surface area contributed by atoms with Gasteiger partial charge in [-0.15, -0.1) is 23.7 Å². The maximum Gasteiger partial charge on any atom is 0.341 e. The van der Waals surface area contributed by atoms with Gasteiger partial charge in [0.2, 0.25) is 9.84 Å². The van der Waals surface area contributed by atoms with Crippen molar-refractivity contribution in [1.82, 2.24) is 4.90 Å². The summed E-state index contributed by atoms with van der Waals surface area (Å²) in [6.45, 7) is 1.92. The predicted octanol–water partition coefficient (Wildman–Crippen LogP) is 2.14. The molecule has 1 amide bonds. The molecule has 0 bridgehead atoms. The summed E-state index contributed by atoms with van der Waals surface area (Å²) in [6.07, 6.45) is 2.05. The van der Waals surface area contributed by atoms with Crippen LogP contribution in [0.4, 0.5) is 8.78 Å². The van der Waals surface area contributed by atoms with Gasteiger partial charge in [0.1, 0.15) is 4.88 Å². The lowest BCUT2D eigenvalue weighted by Gasteiger charge is -2.31. The topological polar surface area (TPSA) is 89.7 Å². The number of ether oxygens (including phenoxy) is 1. The zero-order valence-electron chi connectivity index (χ0n) is 13.4. The molecule has 25 heavy (non-hydrogen) atoms. The molecule has 0 unspecified atom stereocenters. The van der Waals surface area contributed by atoms with E-state index in [1.165, 1.54) is 10.3 Å². The number of hydrogen-bond donors (Lipinski definition) is 1. The molecule has 1 aromatic heterocycles. The van der Waals surface area contributed by atoms with Crippen molar-refractivity contribution < 1.29 is 26.7 Å². The van der Waals surface area contributed by atoms with Crippen molar-refractivity contribution in [2.45, 2.75) is 36.0 Å². The molecule has 0 radical (unpaired) electrons. The van der Waals surface area contributed by atoms with E-state index in [9.17, 15) is 22.0 Å². The minimum absolute atomic E-state index is 0. The first kappa shape index (κ1) is 22.2. The average molecular weight is 419 g/mol. The number of likely N-dealkylation sites (tertiary alicyclic amines) is 1. The molecule has 1 saturated heterocycles. The Morgan fingerprint density at radius 2 is 2.04 bits per heavy atom. The number of thiophene rings is 1. The Balaban J connectivity index is 0.00000312. The van der Waals surface area contributed by atoms with Crippen molar-refractivity contribution in [3.63, 3.8) is 0 Å². The first-order valence-corrected chi connectivity index (χ1v) is 10.0. The number of amides is 1. The van der Waals surface area contributed by atoms with Crippen LogP contribution in [-0.2, 0) is 14.6 Å². The van der Waals surface area contributed by atoms with Crippen molar-refractivity contribution in [1.29, 1.82) is 0 Å². The Morgan fingerprint density at radius 3 is 2.60 bits per heavy atom. The lowest BCUT2D eigenvalue weighted by molar-refractivity contribution is 0.00848. The number of nitrogens with two attached hydrogens (primary N) is 1. The van der Waals surface area contributed by atoms with Crippen LogP contribution in [0.1, 0.15) is 28.9 Å². The van der Waals surface area contributed by atoms with Crippen LogP contribution < -0.4 is 5.73 Å². The van der Waals surface area contributed by atoms with E-state index in [0.717, 1.165) is 23.8 Å². The molecular weight excluding hydrogens is 398 g/mol. The molecule has 0 spiro atoms. The maximum absolute atomic E-state index is 12.7. The molecule has 144 valence electrons. The predicted molar refractivity (Wildman–Crippen MR) is 93.3 cm³/mol. The molecule has 0 aromatic carbocycles. The van der Waals surface area contributed by atoms with Crippen LogP contribution in [0.3, 0.4) is 0 Å². The minimum atomic E-state index is -4.78. The van der Waals surface area contributed by atoms with Crippen LogP contribution in [-0.4, -0.2) is 57.3 Å². The van der Waals surface area contributed by atoms with Crippen molar-refractivity contribution >= 4 is 39.5 Å². The first-order chi connectivity index (χ1) is 11.4. The van der Waals surface area contributed by atoms with E-state index in [1.807, 2.05) is 0 Å². The van der Waals surface area contributed by atoms with Gasteiger partial charge in [-0.2, -0.15) is 8.78 Å². The van der Waals surface area contributed by atoms with E-state index >= 15 is 0 Å². The fourth-order valence-electron chi connectivity index (χ4n) is 2.48. The van der Waals surface area contributed by atoms with Crippen LogP contribution in [0.2, 0.25) is 0 Å². The molecule has 1 aliphatic heterocycles. The molecular formula is C14H21ClF2N2O4S2. The molecule has 0 saturated carbocycles. The highest BCUT2D eigenvalue weighted by Crippen LogP contribution is 2.29. The maximum atomic E-state index is 12.7. The van der Waals surface area contributed by atoms with Gasteiger partial charge in [-0.25, -0.2) is 8.42 Å². The molecule has 0 atom stereocenters. The van der Waals surface area contributed by atoms with Gasteiger partial charge in [-0.05, 0) is 37.3 Å². The first-order valence-electron chi connectivity index (χ1n) is 7.58. The smallest absolute Gasteiger partial charge is 0.341 e. The summed E-state index contributed by atoms with van der Waals surface area (Å²) in [4.78, 5) is 13.2. The SMILES string of the molecule is Cl.NCCCOC1CCN(C(=O)c2sccc2S(=O)(=O)C(F)F)CC1. The fourth-order valence-corrected chi connectivity index (χ4v) is 4.60. The molecule has 1 aliphatic rings. The number of rotatable bonds is 7. The van der Waals surface area contributed by atoms with Crippen molar-refractivity contribution in [2.24, 2.45) is 5.73 Å². The van der Waals surface area contributed by atoms with Gasteiger partial charge in [0.25, 0.3) is 5.91 Å². The highest BCUT2D eigenvalue weighted by Gasteiger charge is 2.34. The van der Waals surface area contributed by atoms with E-state index in [4.69, 9.17) is 10.5 Å². The second kappa shape index (κ2) is 9.77. The normalized spacial score (nSPS) is 16.1. The van der Waals surface area contributed by atoms with E-state index in [2.05, 4.69) is 0 Å². The zero-order valence-corrected chi connectivity index (χ0v) is 15.8. The summed E-state index contributed by atoms with van der Waals surface area (Å²) >= 11 is 0.864. The molecule has 11 heteroatoms. The molecule has 0 aliphatic carbocycles. The Labute approximate surface area is 155 Å². The number of hydrogen-bond acceptors (Lipinski definition) is 6. The summed E-state index contributed by atoms with van der Waals surface area (Å²) in [5.74, 6) is -4.06. The minimum Gasteiger partial charge on any atom is -0.378 e. The highest BCUT2D eigenvalue weighted by atomic mass is 35.5. The summed E-state index contributed by atoms with van der Waals surface area (Å²) in [5.41, 5.74) is 5.40. The number of alkyl halides is 2. The summed E-state index contributed by atoms with van der Waals surface area (Å²) in [5, 5.41) is 1.34. The quantitative estimate of drug-likeness (QED) is 0.685. The second-order valence-corrected chi connectivity index (χ2v) is 8.23. The highest BCUT2D eigenvalue weighted by molar-refractivity contribution is 7.92. The number of sulfone groups is 1. The molecule has 6 nitrogen and oxygen atoms in total. The average Bonchev–Trinajstić information content (AvgIpc) is 3.05. The number of piperidine rings is 1. The van der Waals surface area contributed by atoms with Gasteiger partial charge in [-0.1, -0.05) is 0 Å². The Bertz CT molecular complexity index is 662. The van der Waals surface area contributed by atoms with Gasteiger partial charge < -0.3 is 15.4 Å². The Morgan fingerprint density at radius 1 is 1.40 bits per heavy atom. The van der Waals surface area contributed by atoms with E-state index in [1.54, 1.807) is 0 Å². The Kier molecular flexibility index (Phi) is 8.69.